The zero-order valence-corrected chi connectivity index (χ0v) is 18.6. The third kappa shape index (κ3) is 5.23. The molecule has 0 unspecified atom stereocenters. The second kappa shape index (κ2) is 9.64. The Morgan fingerprint density at radius 1 is 0.935 bits per heavy atom. The molecular formula is C24H31N7. The highest BCUT2D eigenvalue weighted by molar-refractivity contribution is 5.62. The van der Waals surface area contributed by atoms with Gasteiger partial charge in [-0.1, -0.05) is 31.5 Å². The van der Waals surface area contributed by atoms with Crippen molar-refractivity contribution in [3.05, 3.63) is 60.3 Å². The first-order valence-corrected chi connectivity index (χ1v) is 11.0. The molecule has 1 aromatic carbocycles. The van der Waals surface area contributed by atoms with E-state index >= 15 is 0 Å². The van der Waals surface area contributed by atoms with Crippen LogP contribution in [0.25, 0.3) is 0 Å². The molecule has 1 saturated heterocycles. The molecule has 4 rings (SSSR count). The molecule has 162 valence electrons. The van der Waals surface area contributed by atoms with Gasteiger partial charge in [0.1, 0.15) is 17.5 Å². The van der Waals surface area contributed by atoms with Crippen molar-refractivity contribution >= 4 is 29.1 Å². The van der Waals surface area contributed by atoms with Crippen molar-refractivity contribution in [3.63, 3.8) is 0 Å². The molecule has 3 heterocycles. The number of hydrogen-bond acceptors (Lipinski definition) is 7. The minimum atomic E-state index is 0.761. The van der Waals surface area contributed by atoms with Crippen LogP contribution in [-0.2, 0) is 6.42 Å². The molecule has 0 amide bonds. The molecule has 0 saturated carbocycles. The number of aryl methyl sites for hydroxylation is 1. The lowest BCUT2D eigenvalue weighted by Gasteiger charge is -2.35. The maximum atomic E-state index is 4.83. The number of pyridine rings is 1. The van der Waals surface area contributed by atoms with Crippen LogP contribution in [0.4, 0.5) is 29.1 Å². The van der Waals surface area contributed by atoms with E-state index in [9.17, 15) is 0 Å². The number of anilines is 5. The van der Waals surface area contributed by atoms with Crippen molar-refractivity contribution < 1.29 is 0 Å². The van der Waals surface area contributed by atoms with E-state index in [0.29, 0.717) is 0 Å². The SMILES string of the molecule is CCCc1ccc(Nc2cc(N(C)C)nc(N3CCN(c4ccccn4)CC3)n2)cc1. The topological polar surface area (TPSA) is 60.4 Å². The molecule has 0 radical (unpaired) electrons. The van der Waals surface area contributed by atoms with E-state index in [1.165, 1.54) is 5.56 Å². The minimum absolute atomic E-state index is 0.761. The van der Waals surface area contributed by atoms with Crippen LogP contribution in [0.15, 0.2) is 54.7 Å². The molecule has 7 heteroatoms. The predicted molar refractivity (Wildman–Crippen MR) is 129 cm³/mol. The number of piperazine rings is 1. The molecular weight excluding hydrogens is 386 g/mol. The van der Waals surface area contributed by atoms with Crippen LogP contribution in [0.5, 0.6) is 0 Å². The Bertz CT molecular complexity index is 965. The fraction of sp³-hybridized carbons (Fsp3) is 0.375. The highest BCUT2D eigenvalue weighted by Crippen LogP contribution is 2.24. The van der Waals surface area contributed by atoms with Crippen molar-refractivity contribution in [3.8, 4) is 0 Å². The maximum absolute atomic E-state index is 4.83. The number of nitrogens with zero attached hydrogens (tertiary/aromatic N) is 6. The van der Waals surface area contributed by atoms with Crippen molar-refractivity contribution in [1.82, 2.24) is 15.0 Å². The molecule has 7 nitrogen and oxygen atoms in total. The van der Waals surface area contributed by atoms with Gasteiger partial charge < -0.3 is 20.0 Å². The highest BCUT2D eigenvalue weighted by Gasteiger charge is 2.21. The Kier molecular flexibility index (Phi) is 6.50. The van der Waals surface area contributed by atoms with E-state index in [1.807, 2.05) is 43.4 Å². The van der Waals surface area contributed by atoms with Gasteiger partial charge in [-0.3, -0.25) is 0 Å². The van der Waals surface area contributed by atoms with Crippen LogP contribution in [0.3, 0.4) is 0 Å². The standard InChI is InChI=1S/C24H31N7/c1-4-7-19-9-11-20(12-10-19)26-21-18-23(29(2)3)28-24(27-21)31-16-14-30(15-17-31)22-8-5-6-13-25-22/h5-6,8-13,18H,4,7,14-17H2,1-3H3,(H,26,27,28). The summed E-state index contributed by atoms with van der Waals surface area (Å²) in [4.78, 5) is 20.7. The second-order valence-corrected chi connectivity index (χ2v) is 8.04. The Balaban J connectivity index is 1.49. The predicted octanol–water partition coefficient (Wildman–Crippen LogP) is 3.96. The lowest BCUT2D eigenvalue weighted by molar-refractivity contribution is 0.635. The van der Waals surface area contributed by atoms with E-state index in [4.69, 9.17) is 9.97 Å². The molecule has 0 bridgehead atoms. The average molecular weight is 418 g/mol. The molecule has 0 atom stereocenters. The Labute approximate surface area is 184 Å². The van der Waals surface area contributed by atoms with Crippen molar-refractivity contribution in [2.45, 2.75) is 19.8 Å². The molecule has 0 spiro atoms. The Hall–Kier alpha value is -3.35. The number of hydrogen-bond donors (Lipinski definition) is 1. The average Bonchev–Trinajstić information content (AvgIpc) is 2.81. The number of rotatable bonds is 7. The molecule has 1 aliphatic rings. The van der Waals surface area contributed by atoms with Gasteiger partial charge in [0.15, 0.2) is 0 Å². The summed E-state index contributed by atoms with van der Waals surface area (Å²) in [5, 5.41) is 3.46. The van der Waals surface area contributed by atoms with Gasteiger partial charge in [-0.05, 0) is 36.2 Å². The van der Waals surface area contributed by atoms with Crippen LogP contribution < -0.4 is 20.0 Å². The van der Waals surface area contributed by atoms with Crippen molar-refractivity contribution in [1.29, 1.82) is 0 Å². The fourth-order valence-electron chi connectivity index (χ4n) is 3.72. The first-order chi connectivity index (χ1) is 15.1. The zero-order valence-electron chi connectivity index (χ0n) is 18.6. The van der Waals surface area contributed by atoms with E-state index in [1.54, 1.807) is 0 Å². The van der Waals surface area contributed by atoms with Crippen molar-refractivity contribution in [2.24, 2.45) is 0 Å². The Morgan fingerprint density at radius 3 is 2.32 bits per heavy atom. The third-order valence-corrected chi connectivity index (χ3v) is 5.46. The van der Waals surface area contributed by atoms with E-state index in [-0.39, 0.29) is 0 Å². The highest BCUT2D eigenvalue weighted by atomic mass is 15.3. The van der Waals surface area contributed by atoms with Crippen molar-refractivity contribution in [2.75, 3.05) is 60.3 Å². The van der Waals surface area contributed by atoms with Gasteiger partial charge in [0, 0.05) is 58.2 Å². The quantitative estimate of drug-likeness (QED) is 0.624. The normalized spacial score (nSPS) is 13.9. The van der Waals surface area contributed by atoms with Crippen LogP contribution in [0.2, 0.25) is 0 Å². The van der Waals surface area contributed by atoms with Crippen LogP contribution in [-0.4, -0.2) is 55.2 Å². The Morgan fingerprint density at radius 2 is 1.68 bits per heavy atom. The summed E-state index contributed by atoms with van der Waals surface area (Å²) in [5.74, 6) is 3.49. The largest absolute Gasteiger partial charge is 0.363 e. The summed E-state index contributed by atoms with van der Waals surface area (Å²) in [6.45, 7) is 5.72. The van der Waals surface area contributed by atoms with Gasteiger partial charge in [0.05, 0.1) is 0 Å². The second-order valence-electron chi connectivity index (χ2n) is 8.04. The molecule has 1 aliphatic heterocycles. The van der Waals surface area contributed by atoms with Crippen LogP contribution in [0, 0.1) is 0 Å². The van der Waals surface area contributed by atoms with Crippen LogP contribution >= 0.6 is 0 Å². The first-order valence-electron chi connectivity index (χ1n) is 11.0. The lowest BCUT2D eigenvalue weighted by atomic mass is 10.1. The zero-order chi connectivity index (χ0) is 21.6. The lowest BCUT2D eigenvalue weighted by Crippen LogP contribution is -2.47. The molecule has 3 aromatic rings. The van der Waals surface area contributed by atoms with Gasteiger partial charge in [-0.25, -0.2) is 4.98 Å². The van der Waals surface area contributed by atoms with Gasteiger partial charge >= 0.3 is 0 Å². The van der Waals surface area contributed by atoms with E-state index < -0.39 is 0 Å². The van der Waals surface area contributed by atoms with E-state index in [2.05, 4.69) is 57.4 Å². The van der Waals surface area contributed by atoms with Gasteiger partial charge in [-0.15, -0.1) is 0 Å². The molecule has 0 aliphatic carbocycles. The smallest absolute Gasteiger partial charge is 0.229 e. The monoisotopic (exact) mass is 417 g/mol. The molecule has 1 fully saturated rings. The molecule has 2 aromatic heterocycles. The summed E-state index contributed by atoms with van der Waals surface area (Å²) in [5.41, 5.74) is 2.39. The summed E-state index contributed by atoms with van der Waals surface area (Å²) in [6.07, 6.45) is 4.10. The third-order valence-electron chi connectivity index (χ3n) is 5.46. The van der Waals surface area contributed by atoms with Gasteiger partial charge in [-0.2, -0.15) is 9.97 Å². The fourth-order valence-corrected chi connectivity index (χ4v) is 3.72. The number of aromatic nitrogens is 3. The minimum Gasteiger partial charge on any atom is -0.363 e. The summed E-state index contributed by atoms with van der Waals surface area (Å²) in [7, 11) is 4.02. The summed E-state index contributed by atoms with van der Waals surface area (Å²) < 4.78 is 0. The van der Waals surface area contributed by atoms with Gasteiger partial charge in [0.25, 0.3) is 0 Å². The number of nitrogens with one attached hydrogen (secondary N) is 1. The maximum Gasteiger partial charge on any atom is 0.229 e. The number of benzene rings is 1. The summed E-state index contributed by atoms with van der Waals surface area (Å²) in [6, 6.07) is 16.6. The molecule has 31 heavy (non-hydrogen) atoms. The van der Waals surface area contributed by atoms with E-state index in [0.717, 1.165) is 68.1 Å². The van der Waals surface area contributed by atoms with Crippen LogP contribution in [0.1, 0.15) is 18.9 Å². The molecule has 1 N–H and O–H groups in total. The summed E-state index contributed by atoms with van der Waals surface area (Å²) >= 11 is 0. The first kappa shape index (κ1) is 20.9. The van der Waals surface area contributed by atoms with Gasteiger partial charge in [0.2, 0.25) is 5.95 Å².